The smallest absolute Gasteiger partial charge is 0.344 e. The molecule has 0 aromatic heterocycles. The Bertz CT molecular complexity index is 1200. The molecule has 0 heterocycles. The third-order valence-corrected chi connectivity index (χ3v) is 4.10. The maximum atomic E-state index is 12.3. The summed E-state index contributed by atoms with van der Waals surface area (Å²) >= 11 is 0. The number of nitrogens with two attached hydrogens (primary N) is 1. The van der Waals surface area contributed by atoms with E-state index in [1.807, 2.05) is 0 Å². The number of carbonyl (C=O) groups is 3. The van der Waals surface area contributed by atoms with E-state index in [0.717, 1.165) is 0 Å². The van der Waals surface area contributed by atoms with Crippen molar-refractivity contribution < 1.29 is 41.6 Å². The van der Waals surface area contributed by atoms with Gasteiger partial charge in [-0.05, 0) is 69.7 Å². The molecule has 0 spiro atoms. The van der Waals surface area contributed by atoms with E-state index in [1.54, 1.807) is 76.2 Å². The monoisotopic (exact) mass is 537 g/mol. The summed E-state index contributed by atoms with van der Waals surface area (Å²) in [6.45, 7) is 6.37. The second kappa shape index (κ2) is 13.4. The Kier molecular flexibility index (Phi) is 11.2. The molecule has 12 nitrogen and oxygen atoms in total. The highest BCUT2D eigenvalue weighted by molar-refractivity contribution is 7.85. The maximum absolute atomic E-state index is 12.3. The molecule has 0 saturated heterocycles. The third kappa shape index (κ3) is 13.6. The van der Waals surface area contributed by atoms with Gasteiger partial charge in [0.2, 0.25) is 0 Å². The molecule has 0 amide bonds. The number of ether oxygens (including phenoxy) is 3. The standard InChI is InChI=1S/C23H27N3O6.CH4O3S/c1-14(20(28)30-13-19(27)32-23(2,3)4)15-7-11-18(12-8-15)31-21(29)16-5-9-17(10-6-16)26-22(24)25;1-5(2,3)4/h5-12,14H,13H2,1-4H3,(H4,24,25,26);1H3,(H,2,3,4). The summed E-state index contributed by atoms with van der Waals surface area (Å²) in [6.07, 6.45) is 0.715. The third-order valence-electron chi connectivity index (χ3n) is 4.10. The summed E-state index contributed by atoms with van der Waals surface area (Å²) < 4.78 is 41.3. The molecule has 0 bridgehead atoms. The van der Waals surface area contributed by atoms with Gasteiger partial charge in [-0.25, -0.2) is 9.59 Å². The van der Waals surface area contributed by atoms with E-state index in [2.05, 4.69) is 5.32 Å². The van der Waals surface area contributed by atoms with Gasteiger partial charge in [-0.15, -0.1) is 0 Å². The lowest BCUT2D eigenvalue weighted by Gasteiger charge is -2.19. The first-order valence-electron chi connectivity index (χ1n) is 10.8. The van der Waals surface area contributed by atoms with Crippen molar-refractivity contribution in [1.29, 1.82) is 5.41 Å². The molecule has 0 aliphatic rings. The Morgan fingerprint density at radius 3 is 2.03 bits per heavy atom. The normalized spacial score (nSPS) is 11.7. The van der Waals surface area contributed by atoms with Gasteiger partial charge in [-0.1, -0.05) is 12.1 Å². The Balaban J connectivity index is 0.00000124. The van der Waals surface area contributed by atoms with Gasteiger partial charge in [0.15, 0.2) is 12.6 Å². The first kappa shape index (κ1) is 31.1. The van der Waals surface area contributed by atoms with Gasteiger partial charge in [-0.3, -0.25) is 14.8 Å². The molecule has 5 N–H and O–H groups in total. The molecule has 0 aliphatic heterocycles. The highest BCUT2D eigenvalue weighted by Gasteiger charge is 2.21. The topological polar surface area (TPSA) is 195 Å². The van der Waals surface area contributed by atoms with Crippen molar-refractivity contribution in [3.63, 3.8) is 0 Å². The van der Waals surface area contributed by atoms with Crippen LogP contribution < -0.4 is 15.8 Å². The number of hydrogen-bond donors (Lipinski definition) is 4. The molecule has 2 aromatic carbocycles. The van der Waals surface area contributed by atoms with Gasteiger partial charge < -0.3 is 25.3 Å². The average Bonchev–Trinajstić information content (AvgIpc) is 2.75. The highest BCUT2D eigenvalue weighted by Crippen LogP contribution is 2.22. The van der Waals surface area contributed by atoms with Crippen LogP contribution in [0.1, 0.15) is 49.5 Å². The van der Waals surface area contributed by atoms with Gasteiger partial charge >= 0.3 is 17.9 Å². The highest BCUT2D eigenvalue weighted by atomic mass is 32.2. The molecule has 1 atom stereocenters. The van der Waals surface area contributed by atoms with Gasteiger partial charge in [0.25, 0.3) is 10.1 Å². The van der Waals surface area contributed by atoms with Crippen molar-refractivity contribution in [2.45, 2.75) is 39.2 Å². The van der Waals surface area contributed by atoms with Crippen molar-refractivity contribution in [2.24, 2.45) is 5.73 Å². The zero-order valence-electron chi connectivity index (χ0n) is 21.1. The molecule has 37 heavy (non-hydrogen) atoms. The van der Waals surface area contributed by atoms with E-state index >= 15 is 0 Å². The number of rotatable bonds is 7. The summed E-state index contributed by atoms with van der Waals surface area (Å²) in [6, 6.07) is 12.7. The molecule has 0 fully saturated rings. The van der Waals surface area contributed by atoms with E-state index < -0.39 is 46.2 Å². The van der Waals surface area contributed by atoms with Gasteiger partial charge in [0.1, 0.15) is 11.4 Å². The SMILES string of the molecule is CC(C(=O)OCC(=O)OC(C)(C)C)c1ccc(OC(=O)c2ccc(NC(=N)N)cc2)cc1.CS(=O)(=O)O. The summed E-state index contributed by atoms with van der Waals surface area (Å²) in [7, 11) is -3.67. The first-order valence-corrected chi connectivity index (χ1v) is 12.6. The lowest BCUT2D eigenvalue weighted by atomic mass is 10.0. The Morgan fingerprint density at radius 2 is 1.57 bits per heavy atom. The van der Waals surface area contributed by atoms with Crippen molar-refractivity contribution in [3.05, 3.63) is 59.7 Å². The van der Waals surface area contributed by atoms with Crippen LogP contribution in [0.2, 0.25) is 0 Å². The molecule has 0 aliphatic carbocycles. The first-order chi connectivity index (χ1) is 16.9. The average molecular weight is 538 g/mol. The van der Waals surface area contributed by atoms with Crippen molar-refractivity contribution >= 4 is 39.7 Å². The summed E-state index contributed by atoms with van der Waals surface area (Å²) in [5, 5.41) is 9.81. The second-order valence-electron chi connectivity index (χ2n) is 8.72. The number of guanidine groups is 1. The molecule has 2 rings (SSSR count). The molecule has 13 heteroatoms. The van der Waals surface area contributed by atoms with Crippen LogP contribution in [-0.2, 0) is 29.2 Å². The van der Waals surface area contributed by atoms with Gasteiger partial charge in [-0.2, -0.15) is 8.42 Å². The van der Waals surface area contributed by atoms with E-state index in [4.69, 9.17) is 29.9 Å². The molecule has 202 valence electrons. The molecule has 2 aromatic rings. The lowest BCUT2D eigenvalue weighted by molar-refractivity contribution is -0.167. The fraction of sp³-hybridized carbons (Fsp3) is 0.333. The summed E-state index contributed by atoms with van der Waals surface area (Å²) in [5.74, 6) is -2.27. The number of anilines is 1. The van der Waals surface area contributed by atoms with Crippen LogP contribution in [0.15, 0.2) is 48.5 Å². The molecular formula is C24H31N3O9S. The number of benzene rings is 2. The van der Waals surface area contributed by atoms with E-state index in [1.165, 1.54) is 0 Å². The van der Waals surface area contributed by atoms with E-state index in [9.17, 15) is 22.8 Å². The molecular weight excluding hydrogens is 506 g/mol. The van der Waals surface area contributed by atoms with Crippen LogP contribution in [0.5, 0.6) is 5.75 Å². The number of esters is 3. The van der Waals surface area contributed by atoms with Crippen LogP contribution in [0.25, 0.3) is 0 Å². The van der Waals surface area contributed by atoms with E-state index in [0.29, 0.717) is 28.8 Å². The van der Waals surface area contributed by atoms with E-state index in [-0.39, 0.29) is 5.96 Å². The maximum Gasteiger partial charge on any atom is 0.344 e. The van der Waals surface area contributed by atoms with Gasteiger partial charge in [0.05, 0.1) is 17.7 Å². The molecule has 1 unspecified atom stereocenters. The largest absolute Gasteiger partial charge is 0.457 e. The Morgan fingerprint density at radius 1 is 1.05 bits per heavy atom. The Hall–Kier alpha value is -3.97. The fourth-order valence-corrected chi connectivity index (χ4v) is 2.60. The molecule has 0 saturated carbocycles. The lowest BCUT2D eigenvalue weighted by Crippen LogP contribution is -2.28. The van der Waals surface area contributed by atoms with Crippen molar-refractivity contribution in [1.82, 2.24) is 0 Å². The van der Waals surface area contributed by atoms with Crippen molar-refractivity contribution in [2.75, 3.05) is 18.2 Å². The van der Waals surface area contributed by atoms with Crippen LogP contribution in [-0.4, -0.2) is 55.3 Å². The minimum atomic E-state index is -3.67. The predicted molar refractivity (Wildman–Crippen MR) is 136 cm³/mol. The number of hydrogen-bond acceptors (Lipinski definition) is 9. The van der Waals surface area contributed by atoms with Crippen LogP contribution in [0.3, 0.4) is 0 Å². The molecule has 0 radical (unpaired) electrons. The Labute approximate surface area is 215 Å². The zero-order valence-corrected chi connectivity index (χ0v) is 21.9. The predicted octanol–water partition coefficient (Wildman–Crippen LogP) is 2.70. The number of carbonyl (C=O) groups excluding carboxylic acids is 3. The minimum absolute atomic E-state index is 0.205. The fourth-order valence-electron chi connectivity index (χ4n) is 2.60. The summed E-state index contributed by atoms with van der Waals surface area (Å²) in [4.78, 5) is 36.2. The van der Waals surface area contributed by atoms with Crippen molar-refractivity contribution in [3.8, 4) is 5.75 Å². The quantitative estimate of drug-likeness (QED) is 0.133. The number of nitrogens with one attached hydrogen (secondary N) is 2. The van der Waals surface area contributed by atoms with Crippen LogP contribution in [0, 0.1) is 5.41 Å². The minimum Gasteiger partial charge on any atom is -0.457 e. The second-order valence-corrected chi connectivity index (χ2v) is 10.2. The summed E-state index contributed by atoms with van der Waals surface area (Å²) in [5.41, 5.74) is 6.14. The zero-order chi connectivity index (χ0) is 28.4. The van der Waals surface area contributed by atoms with Crippen LogP contribution in [0.4, 0.5) is 5.69 Å². The van der Waals surface area contributed by atoms with Crippen LogP contribution >= 0.6 is 0 Å². The van der Waals surface area contributed by atoms with Gasteiger partial charge in [0, 0.05) is 5.69 Å².